The minimum absolute atomic E-state index is 0.0181. The zero-order valence-electron chi connectivity index (χ0n) is 12.6. The zero-order chi connectivity index (χ0) is 16.1. The molecule has 0 saturated carbocycles. The number of nitrogens with one attached hydrogen (secondary N) is 2. The summed E-state index contributed by atoms with van der Waals surface area (Å²) in [5.74, 6) is 1.47. The summed E-state index contributed by atoms with van der Waals surface area (Å²) >= 11 is 12.1. The van der Waals surface area contributed by atoms with E-state index in [4.69, 9.17) is 23.2 Å². The van der Waals surface area contributed by atoms with Gasteiger partial charge in [-0.1, -0.05) is 29.3 Å². The molecule has 0 aliphatic rings. The molecule has 0 saturated heterocycles. The van der Waals surface area contributed by atoms with Gasteiger partial charge in [0.25, 0.3) is 0 Å². The summed E-state index contributed by atoms with van der Waals surface area (Å²) in [5, 5.41) is 11.7. The van der Waals surface area contributed by atoms with Crippen molar-refractivity contribution >= 4 is 29.2 Å². The van der Waals surface area contributed by atoms with E-state index in [1.807, 2.05) is 26.1 Å². The summed E-state index contributed by atoms with van der Waals surface area (Å²) in [6, 6.07) is 5.43. The Morgan fingerprint density at radius 3 is 2.77 bits per heavy atom. The first kappa shape index (κ1) is 16.6. The summed E-state index contributed by atoms with van der Waals surface area (Å²) in [7, 11) is 3.55. The van der Waals surface area contributed by atoms with Crippen LogP contribution in [-0.4, -0.2) is 27.8 Å². The van der Waals surface area contributed by atoms with Crippen LogP contribution in [0.3, 0.4) is 0 Å². The maximum absolute atomic E-state index is 6.22. The van der Waals surface area contributed by atoms with Crippen molar-refractivity contribution in [3.8, 4) is 0 Å². The number of hydrogen-bond acceptors (Lipinski definition) is 3. The van der Waals surface area contributed by atoms with Crippen LogP contribution in [0.4, 0.5) is 0 Å². The minimum atomic E-state index is -0.0181. The number of nitrogens with zero attached hydrogens (tertiary/aromatic N) is 4. The molecule has 6 nitrogen and oxygen atoms in total. The van der Waals surface area contributed by atoms with Gasteiger partial charge in [0.2, 0.25) is 0 Å². The lowest BCUT2D eigenvalue weighted by Crippen LogP contribution is -2.38. The molecule has 22 heavy (non-hydrogen) atoms. The van der Waals surface area contributed by atoms with E-state index >= 15 is 0 Å². The highest BCUT2D eigenvalue weighted by molar-refractivity contribution is 6.35. The van der Waals surface area contributed by atoms with Gasteiger partial charge in [0.05, 0.1) is 12.6 Å². The summed E-state index contributed by atoms with van der Waals surface area (Å²) in [5.41, 5.74) is 0.952. The minimum Gasteiger partial charge on any atom is -0.350 e. The smallest absolute Gasteiger partial charge is 0.191 e. The van der Waals surface area contributed by atoms with Gasteiger partial charge >= 0.3 is 0 Å². The number of aromatic nitrogens is 3. The molecule has 1 heterocycles. The fourth-order valence-electron chi connectivity index (χ4n) is 1.97. The number of rotatable bonds is 4. The molecule has 1 atom stereocenters. The third-order valence-corrected chi connectivity index (χ3v) is 3.79. The highest BCUT2D eigenvalue weighted by Crippen LogP contribution is 2.25. The SMILES string of the molecule is CN=C(NCc1ncnn1C)NC(C)c1ccc(Cl)cc1Cl. The van der Waals surface area contributed by atoms with Crippen LogP contribution >= 0.6 is 23.2 Å². The molecule has 1 unspecified atom stereocenters. The van der Waals surface area contributed by atoms with Crippen molar-refractivity contribution in [1.29, 1.82) is 0 Å². The first-order valence-electron chi connectivity index (χ1n) is 6.76. The van der Waals surface area contributed by atoms with Gasteiger partial charge in [0, 0.05) is 24.1 Å². The Morgan fingerprint density at radius 2 is 2.18 bits per heavy atom. The first-order chi connectivity index (χ1) is 10.5. The molecule has 0 spiro atoms. The highest BCUT2D eigenvalue weighted by Gasteiger charge is 2.12. The van der Waals surface area contributed by atoms with E-state index in [1.54, 1.807) is 17.8 Å². The van der Waals surface area contributed by atoms with Crippen LogP contribution in [0.5, 0.6) is 0 Å². The van der Waals surface area contributed by atoms with Crippen LogP contribution in [0.1, 0.15) is 24.4 Å². The van der Waals surface area contributed by atoms with E-state index in [-0.39, 0.29) is 6.04 Å². The molecule has 1 aromatic heterocycles. The zero-order valence-corrected chi connectivity index (χ0v) is 14.2. The summed E-state index contributed by atoms with van der Waals surface area (Å²) in [6.45, 7) is 2.53. The van der Waals surface area contributed by atoms with Gasteiger partial charge in [-0.3, -0.25) is 9.67 Å². The van der Waals surface area contributed by atoms with E-state index in [0.717, 1.165) is 11.4 Å². The predicted octanol–water partition coefficient (Wildman–Crippen LogP) is 2.55. The molecular weight excluding hydrogens is 323 g/mol. The molecule has 0 bridgehead atoms. The first-order valence-corrected chi connectivity index (χ1v) is 7.52. The summed E-state index contributed by atoms with van der Waals surface area (Å²) in [4.78, 5) is 8.35. The van der Waals surface area contributed by atoms with Gasteiger partial charge in [-0.15, -0.1) is 0 Å². The summed E-state index contributed by atoms with van der Waals surface area (Å²) < 4.78 is 1.71. The third kappa shape index (κ3) is 4.11. The van der Waals surface area contributed by atoms with E-state index in [0.29, 0.717) is 22.5 Å². The predicted molar refractivity (Wildman–Crippen MR) is 89.2 cm³/mol. The van der Waals surface area contributed by atoms with Crippen LogP contribution in [0.25, 0.3) is 0 Å². The van der Waals surface area contributed by atoms with Crippen molar-refractivity contribution in [2.45, 2.75) is 19.5 Å². The Balaban J connectivity index is 1.99. The maximum Gasteiger partial charge on any atom is 0.191 e. The largest absolute Gasteiger partial charge is 0.350 e. The van der Waals surface area contributed by atoms with Crippen LogP contribution in [0, 0.1) is 0 Å². The number of hydrogen-bond donors (Lipinski definition) is 2. The monoisotopic (exact) mass is 340 g/mol. The molecule has 8 heteroatoms. The van der Waals surface area contributed by atoms with Crippen molar-refractivity contribution in [1.82, 2.24) is 25.4 Å². The van der Waals surface area contributed by atoms with Crippen molar-refractivity contribution in [2.75, 3.05) is 7.05 Å². The molecule has 0 aliphatic heterocycles. The van der Waals surface area contributed by atoms with Crippen LogP contribution < -0.4 is 10.6 Å². The Hall–Kier alpha value is -1.79. The number of guanidine groups is 1. The number of benzene rings is 1. The Labute approximate surface area is 139 Å². The van der Waals surface area contributed by atoms with Gasteiger partial charge < -0.3 is 10.6 Å². The van der Waals surface area contributed by atoms with E-state index in [1.165, 1.54) is 6.33 Å². The molecule has 2 aromatic rings. The molecule has 1 aromatic carbocycles. The van der Waals surface area contributed by atoms with E-state index in [9.17, 15) is 0 Å². The second-order valence-electron chi connectivity index (χ2n) is 4.76. The van der Waals surface area contributed by atoms with Crippen LogP contribution in [0.15, 0.2) is 29.5 Å². The van der Waals surface area contributed by atoms with Crippen LogP contribution in [0.2, 0.25) is 10.0 Å². The fourth-order valence-corrected chi connectivity index (χ4v) is 2.55. The average Bonchev–Trinajstić information content (AvgIpc) is 2.88. The van der Waals surface area contributed by atoms with Gasteiger partial charge in [0.1, 0.15) is 12.2 Å². The van der Waals surface area contributed by atoms with Crippen molar-refractivity contribution in [2.24, 2.45) is 12.0 Å². The Kier molecular flexibility index (Phi) is 5.63. The van der Waals surface area contributed by atoms with Gasteiger partial charge in [-0.05, 0) is 24.6 Å². The quantitative estimate of drug-likeness (QED) is 0.663. The normalized spacial score (nSPS) is 13.0. The molecule has 118 valence electrons. The maximum atomic E-state index is 6.22. The second kappa shape index (κ2) is 7.47. The van der Waals surface area contributed by atoms with Gasteiger partial charge in [-0.2, -0.15) is 5.10 Å². The molecule has 0 fully saturated rings. The van der Waals surface area contributed by atoms with Crippen LogP contribution in [-0.2, 0) is 13.6 Å². The third-order valence-electron chi connectivity index (χ3n) is 3.22. The fraction of sp³-hybridized carbons (Fsp3) is 0.357. The lowest BCUT2D eigenvalue weighted by atomic mass is 10.1. The van der Waals surface area contributed by atoms with Gasteiger partial charge in [-0.25, -0.2) is 4.98 Å². The molecular formula is C14H18Cl2N6. The highest BCUT2D eigenvalue weighted by atomic mass is 35.5. The standard InChI is InChI=1S/C14H18Cl2N6/c1-9(11-5-4-10(15)6-12(11)16)21-14(17-2)18-7-13-19-8-20-22(13)3/h4-6,8-9H,7H2,1-3H3,(H2,17,18,21). The summed E-state index contributed by atoms with van der Waals surface area (Å²) in [6.07, 6.45) is 1.52. The molecule has 0 radical (unpaired) electrons. The van der Waals surface area contributed by atoms with Gasteiger partial charge in [0.15, 0.2) is 5.96 Å². The molecule has 2 N–H and O–H groups in total. The van der Waals surface area contributed by atoms with E-state index in [2.05, 4.69) is 25.7 Å². The van der Waals surface area contributed by atoms with Crippen molar-refractivity contribution in [3.05, 3.63) is 46.0 Å². The lowest BCUT2D eigenvalue weighted by Gasteiger charge is -2.19. The molecule has 0 amide bonds. The average molecular weight is 341 g/mol. The van der Waals surface area contributed by atoms with Crippen molar-refractivity contribution < 1.29 is 0 Å². The topological polar surface area (TPSA) is 67.1 Å². The Bertz CT molecular complexity index is 667. The van der Waals surface area contributed by atoms with E-state index < -0.39 is 0 Å². The van der Waals surface area contributed by atoms with Crippen molar-refractivity contribution in [3.63, 3.8) is 0 Å². The number of aliphatic imine (C=N–C) groups is 1. The molecule has 0 aliphatic carbocycles. The second-order valence-corrected chi connectivity index (χ2v) is 5.60. The lowest BCUT2D eigenvalue weighted by molar-refractivity contribution is 0.651. The number of halogens is 2. The Morgan fingerprint density at radius 1 is 1.41 bits per heavy atom. The molecule has 2 rings (SSSR count). The number of aryl methyl sites for hydroxylation is 1.